The number of hydrogen-bond donors (Lipinski definition) is 3. The second-order valence-corrected chi connectivity index (χ2v) is 6.09. The normalized spacial score (nSPS) is 23.6. The molecule has 1 aliphatic carbocycles. The van der Waals surface area contributed by atoms with E-state index in [9.17, 15) is 10.2 Å². The Balaban J connectivity index is 2.31. The summed E-state index contributed by atoms with van der Waals surface area (Å²) in [6.07, 6.45) is 6.44. The Morgan fingerprint density at radius 3 is 2.24 bits per heavy atom. The Kier molecular flexibility index (Phi) is 6.45. The van der Waals surface area contributed by atoms with Crippen molar-refractivity contribution < 1.29 is 10.2 Å². The second kappa shape index (κ2) is 7.34. The van der Waals surface area contributed by atoms with E-state index in [2.05, 4.69) is 0 Å². The number of hydrogen-bond acceptors (Lipinski definition) is 3. The molecule has 0 amide bonds. The molecule has 102 valence electrons. The van der Waals surface area contributed by atoms with Crippen LogP contribution in [0.1, 0.15) is 58.8 Å². The van der Waals surface area contributed by atoms with Gasteiger partial charge in [0.1, 0.15) is 0 Å². The average molecular weight is 243 g/mol. The van der Waals surface area contributed by atoms with Gasteiger partial charge in [0.2, 0.25) is 0 Å². The van der Waals surface area contributed by atoms with Crippen LogP contribution >= 0.6 is 0 Å². The lowest BCUT2D eigenvalue weighted by molar-refractivity contribution is -0.0117. The maximum Gasteiger partial charge on any atom is 0.0949 e. The molecule has 3 nitrogen and oxygen atoms in total. The maximum atomic E-state index is 9.99. The smallest absolute Gasteiger partial charge is 0.0949 e. The van der Waals surface area contributed by atoms with Gasteiger partial charge in [0.15, 0.2) is 0 Å². The zero-order chi connectivity index (χ0) is 12.8. The van der Waals surface area contributed by atoms with E-state index < -0.39 is 12.2 Å². The first kappa shape index (κ1) is 14.9. The lowest BCUT2D eigenvalue weighted by atomic mass is 9.83. The summed E-state index contributed by atoms with van der Waals surface area (Å²) in [5.74, 6) is 1.04. The summed E-state index contributed by atoms with van der Waals surface area (Å²) >= 11 is 0. The van der Waals surface area contributed by atoms with Crippen LogP contribution in [-0.2, 0) is 0 Å². The molecule has 0 saturated heterocycles. The summed E-state index contributed by atoms with van der Waals surface area (Å²) < 4.78 is 0. The van der Waals surface area contributed by atoms with Gasteiger partial charge < -0.3 is 15.9 Å². The number of rotatable bonds is 6. The standard InChI is InChI=1S/C14H29NO2/c1-10(2)8-13(16)14(17)12(15)9-11-6-4-3-5-7-11/h10-14,16-17H,3-9,15H2,1-2H3/t12-,13+,14+/m0/s1. The van der Waals surface area contributed by atoms with E-state index in [1.54, 1.807) is 0 Å². The fourth-order valence-corrected chi connectivity index (χ4v) is 2.85. The highest BCUT2D eigenvalue weighted by Gasteiger charge is 2.26. The molecule has 1 fully saturated rings. The van der Waals surface area contributed by atoms with E-state index >= 15 is 0 Å². The molecule has 0 radical (unpaired) electrons. The molecule has 0 aromatic carbocycles. The molecule has 0 heterocycles. The lowest BCUT2D eigenvalue weighted by Crippen LogP contribution is -2.44. The molecule has 0 aromatic rings. The van der Waals surface area contributed by atoms with Crippen LogP contribution in [0, 0.1) is 11.8 Å². The zero-order valence-corrected chi connectivity index (χ0v) is 11.3. The third-order valence-corrected chi connectivity index (χ3v) is 3.88. The molecular weight excluding hydrogens is 214 g/mol. The van der Waals surface area contributed by atoms with Crippen LogP contribution in [0.3, 0.4) is 0 Å². The van der Waals surface area contributed by atoms with Crippen LogP contribution in [0.15, 0.2) is 0 Å². The third-order valence-electron chi connectivity index (χ3n) is 3.88. The van der Waals surface area contributed by atoms with E-state index in [4.69, 9.17) is 5.73 Å². The number of aliphatic hydroxyl groups excluding tert-OH is 2. The van der Waals surface area contributed by atoms with E-state index in [0.29, 0.717) is 18.3 Å². The van der Waals surface area contributed by atoms with E-state index in [-0.39, 0.29) is 6.04 Å². The summed E-state index contributed by atoms with van der Waals surface area (Å²) in [5.41, 5.74) is 6.01. The topological polar surface area (TPSA) is 66.5 Å². The predicted molar refractivity (Wildman–Crippen MR) is 70.6 cm³/mol. The summed E-state index contributed by atoms with van der Waals surface area (Å²) in [5, 5.41) is 19.8. The van der Waals surface area contributed by atoms with Crippen molar-refractivity contribution in [1.82, 2.24) is 0 Å². The maximum absolute atomic E-state index is 9.99. The first-order valence-corrected chi connectivity index (χ1v) is 7.12. The predicted octanol–water partition coefficient (Wildman–Crippen LogP) is 2.05. The highest BCUT2D eigenvalue weighted by molar-refractivity contribution is 4.82. The first-order chi connectivity index (χ1) is 8.00. The average Bonchev–Trinajstić information content (AvgIpc) is 2.28. The molecule has 0 spiro atoms. The summed E-state index contributed by atoms with van der Waals surface area (Å²) in [6.45, 7) is 4.09. The first-order valence-electron chi connectivity index (χ1n) is 7.12. The quantitative estimate of drug-likeness (QED) is 0.669. The molecule has 0 aliphatic heterocycles. The van der Waals surface area contributed by atoms with Crippen LogP contribution < -0.4 is 5.73 Å². The Hall–Kier alpha value is -0.120. The van der Waals surface area contributed by atoms with Crippen molar-refractivity contribution in [1.29, 1.82) is 0 Å². The molecular formula is C14H29NO2. The van der Waals surface area contributed by atoms with Crippen LogP contribution in [0.25, 0.3) is 0 Å². The van der Waals surface area contributed by atoms with Gasteiger partial charge >= 0.3 is 0 Å². The SMILES string of the molecule is CC(C)C[C@@H](O)[C@H](O)[C@@H](N)CC1CCCCC1. The molecule has 0 bridgehead atoms. The van der Waals surface area contributed by atoms with Gasteiger partial charge in [-0.2, -0.15) is 0 Å². The second-order valence-electron chi connectivity index (χ2n) is 6.09. The lowest BCUT2D eigenvalue weighted by Gasteiger charge is -2.29. The molecule has 1 saturated carbocycles. The zero-order valence-electron chi connectivity index (χ0n) is 11.3. The summed E-state index contributed by atoms with van der Waals surface area (Å²) in [4.78, 5) is 0. The Morgan fingerprint density at radius 2 is 1.71 bits per heavy atom. The Bertz CT molecular complexity index is 202. The van der Waals surface area contributed by atoms with Crippen molar-refractivity contribution >= 4 is 0 Å². The van der Waals surface area contributed by atoms with Gasteiger partial charge in [0, 0.05) is 6.04 Å². The monoisotopic (exact) mass is 243 g/mol. The summed E-state index contributed by atoms with van der Waals surface area (Å²) in [7, 11) is 0. The van der Waals surface area contributed by atoms with Gasteiger partial charge in [-0.15, -0.1) is 0 Å². The van der Waals surface area contributed by atoms with E-state index in [1.165, 1.54) is 32.1 Å². The minimum atomic E-state index is -0.765. The van der Waals surface area contributed by atoms with Crippen molar-refractivity contribution in [2.75, 3.05) is 0 Å². The van der Waals surface area contributed by atoms with Gasteiger partial charge in [-0.25, -0.2) is 0 Å². The molecule has 1 aliphatic rings. The largest absolute Gasteiger partial charge is 0.390 e. The minimum Gasteiger partial charge on any atom is -0.390 e. The van der Waals surface area contributed by atoms with Crippen LogP contribution in [0.2, 0.25) is 0 Å². The molecule has 17 heavy (non-hydrogen) atoms. The number of aliphatic hydroxyl groups is 2. The van der Waals surface area contributed by atoms with Crippen molar-refractivity contribution in [3.05, 3.63) is 0 Å². The molecule has 1 rings (SSSR count). The number of nitrogens with two attached hydrogens (primary N) is 1. The van der Waals surface area contributed by atoms with Crippen LogP contribution in [0.4, 0.5) is 0 Å². The van der Waals surface area contributed by atoms with Gasteiger partial charge in [0.05, 0.1) is 12.2 Å². The van der Waals surface area contributed by atoms with Gasteiger partial charge in [-0.1, -0.05) is 46.0 Å². The summed E-state index contributed by atoms with van der Waals surface area (Å²) in [6, 6.07) is -0.271. The van der Waals surface area contributed by atoms with Crippen molar-refractivity contribution in [3.8, 4) is 0 Å². The highest BCUT2D eigenvalue weighted by Crippen LogP contribution is 2.28. The Morgan fingerprint density at radius 1 is 1.12 bits per heavy atom. The van der Waals surface area contributed by atoms with Gasteiger partial charge in [-0.05, 0) is 24.7 Å². The van der Waals surface area contributed by atoms with Crippen molar-refractivity contribution in [2.45, 2.75) is 77.0 Å². The van der Waals surface area contributed by atoms with E-state index in [0.717, 1.165) is 6.42 Å². The molecule has 0 unspecified atom stereocenters. The van der Waals surface area contributed by atoms with Crippen molar-refractivity contribution in [3.63, 3.8) is 0 Å². The minimum absolute atomic E-state index is 0.271. The van der Waals surface area contributed by atoms with E-state index in [1.807, 2.05) is 13.8 Å². The third kappa shape index (κ3) is 5.36. The Labute approximate surface area is 105 Å². The van der Waals surface area contributed by atoms with Gasteiger partial charge in [0.25, 0.3) is 0 Å². The molecule has 3 heteroatoms. The fraction of sp³-hybridized carbons (Fsp3) is 1.00. The van der Waals surface area contributed by atoms with Crippen LogP contribution in [0.5, 0.6) is 0 Å². The van der Waals surface area contributed by atoms with Crippen LogP contribution in [-0.4, -0.2) is 28.5 Å². The fourth-order valence-electron chi connectivity index (χ4n) is 2.85. The molecule has 4 N–H and O–H groups in total. The highest BCUT2D eigenvalue weighted by atomic mass is 16.3. The van der Waals surface area contributed by atoms with Crippen molar-refractivity contribution in [2.24, 2.45) is 17.6 Å². The molecule has 0 aromatic heterocycles. The molecule has 3 atom stereocenters. The van der Waals surface area contributed by atoms with Gasteiger partial charge in [-0.3, -0.25) is 0 Å².